The van der Waals surface area contributed by atoms with Crippen molar-refractivity contribution in [3.05, 3.63) is 41.5 Å². The number of rotatable bonds is 2. The lowest BCUT2D eigenvalue weighted by atomic mass is 10.0. The van der Waals surface area contributed by atoms with E-state index in [9.17, 15) is 0 Å². The molecule has 2 N–H and O–H groups in total. The lowest BCUT2D eigenvalue weighted by molar-refractivity contribution is 0.857. The van der Waals surface area contributed by atoms with Gasteiger partial charge in [0.05, 0.1) is 11.4 Å². The summed E-state index contributed by atoms with van der Waals surface area (Å²) >= 11 is 0. The maximum absolute atomic E-state index is 5.43. The van der Waals surface area contributed by atoms with Gasteiger partial charge < -0.3 is 5.73 Å². The number of allylic oxidation sites excluding steroid dienone is 1. The minimum absolute atomic E-state index is 0.514. The standard InChI is InChI=1S/C11H13N3/c1-7(2)8-3-4-9(13-6-8)10-5-11(12)14-10/h3-7H,1-2H3,(H2,12,14). The fourth-order valence-corrected chi connectivity index (χ4v) is 1.31. The Balaban J connectivity index is 2.19. The maximum Gasteiger partial charge on any atom is 0.126 e. The number of nitrogens with two attached hydrogens (primary N) is 1. The zero-order valence-corrected chi connectivity index (χ0v) is 8.36. The van der Waals surface area contributed by atoms with Gasteiger partial charge in [0.15, 0.2) is 0 Å². The van der Waals surface area contributed by atoms with Gasteiger partial charge in [0.25, 0.3) is 0 Å². The molecule has 14 heavy (non-hydrogen) atoms. The molecule has 0 bridgehead atoms. The highest BCUT2D eigenvalue weighted by Gasteiger charge is 2.10. The monoisotopic (exact) mass is 187 g/mol. The first-order valence-electron chi connectivity index (χ1n) is 4.69. The van der Waals surface area contributed by atoms with Crippen molar-refractivity contribution in [2.24, 2.45) is 10.7 Å². The van der Waals surface area contributed by atoms with E-state index in [-0.39, 0.29) is 0 Å². The third-order valence-electron chi connectivity index (χ3n) is 2.25. The van der Waals surface area contributed by atoms with Gasteiger partial charge in [-0.2, -0.15) is 0 Å². The Morgan fingerprint density at radius 3 is 2.43 bits per heavy atom. The van der Waals surface area contributed by atoms with Crippen LogP contribution >= 0.6 is 0 Å². The molecule has 0 fully saturated rings. The first-order chi connectivity index (χ1) is 6.66. The molecular formula is C11H13N3. The summed E-state index contributed by atoms with van der Waals surface area (Å²) in [7, 11) is 0. The lowest BCUT2D eigenvalue weighted by Crippen LogP contribution is -2.14. The predicted octanol–water partition coefficient (Wildman–Crippen LogP) is 1.81. The molecule has 1 aliphatic heterocycles. The first kappa shape index (κ1) is 8.94. The van der Waals surface area contributed by atoms with E-state index in [1.54, 1.807) is 0 Å². The summed E-state index contributed by atoms with van der Waals surface area (Å²) in [5, 5.41) is 0. The van der Waals surface area contributed by atoms with Crippen LogP contribution in [-0.2, 0) is 0 Å². The quantitative estimate of drug-likeness (QED) is 0.767. The van der Waals surface area contributed by atoms with E-state index >= 15 is 0 Å². The van der Waals surface area contributed by atoms with E-state index < -0.39 is 0 Å². The van der Waals surface area contributed by atoms with Crippen molar-refractivity contribution in [1.82, 2.24) is 4.98 Å². The molecule has 2 heterocycles. The molecule has 0 aromatic carbocycles. The van der Waals surface area contributed by atoms with Crippen molar-refractivity contribution in [2.75, 3.05) is 0 Å². The second kappa shape index (κ2) is 3.25. The molecule has 0 saturated carbocycles. The molecule has 1 aromatic rings. The topological polar surface area (TPSA) is 51.3 Å². The Labute approximate surface area is 83.4 Å². The highest BCUT2D eigenvalue weighted by Crippen LogP contribution is 2.15. The first-order valence-corrected chi connectivity index (χ1v) is 4.69. The van der Waals surface area contributed by atoms with Crippen molar-refractivity contribution in [3.63, 3.8) is 0 Å². The normalized spacial score (nSPS) is 14.8. The van der Waals surface area contributed by atoms with Crippen molar-refractivity contribution < 1.29 is 0 Å². The van der Waals surface area contributed by atoms with Crippen LogP contribution in [0.2, 0.25) is 0 Å². The summed E-state index contributed by atoms with van der Waals surface area (Å²) in [6, 6.07) is 4.06. The number of hydrogen-bond acceptors (Lipinski definition) is 3. The van der Waals surface area contributed by atoms with E-state index in [2.05, 4.69) is 29.9 Å². The molecule has 0 aliphatic carbocycles. The van der Waals surface area contributed by atoms with Crippen LogP contribution in [0.15, 0.2) is 35.2 Å². The van der Waals surface area contributed by atoms with E-state index in [0.29, 0.717) is 11.7 Å². The molecule has 0 atom stereocenters. The summed E-state index contributed by atoms with van der Waals surface area (Å²) in [6.07, 6.45) is 3.72. The molecule has 1 aliphatic rings. The van der Waals surface area contributed by atoms with Gasteiger partial charge in [0, 0.05) is 12.3 Å². The molecule has 3 nitrogen and oxygen atoms in total. The molecule has 0 saturated heterocycles. The molecule has 0 unspecified atom stereocenters. The average Bonchev–Trinajstić information content (AvgIpc) is 2.13. The van der Waals surface area contributed by atoms with Crippen molar-refractivity contribution in [3.8, 4) is 0 Å². The Hall–Kier alpha value is -1.64. The van der Waals surface area contributed by atoms with Crippen LogP contribution in [0.5, 0.6) is 0 Å². The van der Waals surface area contributed by atoms with Gasteiger partial charge in [-0.3, -0.25) is 4.98 Å². The third kappa shape index (κ3) is 1.53. The number of nitrogens with zero attached hydrogens (tertiary/aromatic N) is 2. The highest BCUT2D eigenvalue weighted by atomic mass is 15.0. The van der Waals surface area contributed by atoms with Crippen LogP contribution in [0, 0.1) is 0 Å². The summed E-state index contributed by atoms with van der Waals surface area (Å²) < 4.78 is 0. The molecule has 0 radical (unpaired) electrons. The molecule has 0 spiro atoms. The zero-order chi connectivity index (χ0) is 10.1. The third-order valence-corrected chi connectivity index (χ3v) is 2.25. The van der Waals surface area contributed by atoms with Gasteiger partial charge in [0.1, 0.15) is 5.82 Å². The molecule has 3 heteroatoms. The summed E-state index contributed by atoms with van der Waals surface area (Å²) in [6.45, 7) is 4.30. The van der Waals surface area contributed by atoms with Crippen LogP contribution in [0.3, 0.4) is 0 Å². The van der Waals surface area contributed by atoms with Gasteiger partial charge in [-0.1, -0.05) is 19.9 Å². The lowest BCUT2D eigenvalue weighted by Gasteiger charge is -2.10. The van der Waals surface area contributed by atoms with Gasteiger partial charge in [-0.25, -0.2) is 4.99 Å². The van der Waals surface area contributed by atoms with Crippen LogP contribution < -0.4 is 5.73 Å². The maximum atomic E-state index is 5.43. The minimum Gasteiger partial charge on any atom is -0.384 e. The van der Waals surface area contributed by atoms with Crippen LogP contribution in [-0.4, -0.2) is 10.7 Å². The highest BCUT2D eigenvalue weighted by molar-refractivity contribution is 6.11. The van der Waals surface area contributed by atoms with E-state index in [4.69, 9.17) is 5.73 Å². The molecule has 0 amide bonds. The van der Waals surface area contributed by atoms with E-state index in [0.717, 1.165) is 11.4 Å². The largest absolute Gasteiger partial charge is 0.384 e. The van der Waals surface area contributed by atoms with E-state index in [1.807, 2.05) is 18.3 Å². The summed E-state index contributed by atoms with van der Waals surface area (Å²) in [5.74, 6) is 1.09. The van der Waals surface area contributed by atoms with Gasteiger partial charge in [-0.15, -0.1) is 0 Å². The number of hydrogen-bond donors (Lipinski definition) is 1. The van der Waals surface area contributed by atoms with Gasteiger partial charge in [0.2, 0.25) is 0 Å². The predicted molar refractivity (Wildman–Crippen MR) is 57.1 cm³/mol. The summed E-state index contributed by atoms with van der Waals surface area (Å²) in [4.78, 5) is 8.39. The number of aliphatic imine (C=N–C) groups is 1. The molecular weight excluding hydrogens is 174 g/mol. The van der Waals surface area contributed by atoms with E-state index in [1.165, 1.54) is 5.56 Å². The van der Waals surface area contributed by atoms with Crippen molar-refractivity contribution >= 4 is 5.71 Å². The van der Waals surface area contributed by atoms with Crippen LogP contribution in [0.25, 0.3) is 0 Å². The molecule has 72 valence electrons. The minimum atomic E-state index is 0.514. The van der Waals surface area contributed by atoms with Crippen LogP contribution in [0.4, 0.5) is 0 Å². The van der Waals surface area contributed by atoms with Crippen molar-refractivity contribution in [1.29, 1.82) is 0 Å². The fourth-order valence-electron chi connectivity index (χ4n) is 1.31. The smallest absolute Gasteiger partial charge is 0.126 e. The van der Waals surface area contributed by atoms with Crippen molar-refractivity contribution in [2.45, 2.75) is 19.8 Å². The second-order valence-electron chi connectivity index (χ2n) is 3.70. The number of aromatic nitrogens is 1. The second-order valence-corrected chi connectivity index (χ2v) is 3.70. The number of pyridine rings is 1. The van der Waals surface area contributed by atoms with Gasteiger partial charge >= 0.3 is 0 Å². The van der Waals surface area contributed by atoms with Crippen LogP contribution in [0.1, 0.15) is 31.0 Å². The summed E-state index contributed by atoms with van der Waals surface area (Å²) in [5.41, 5.74) is 8.44. The Morgan fingerprint density at radius 1 is 1.29 bits per heavy atom. The molecule has 2 rings (SSSR count). The molecule has 1 aromatic heterocycles. The Bertz CT molecular complexity index is 399. The Kier molecular flexibility index (Phi) is 2.08. The Morgan fingerprint density at radius 2 is 2.00 bits per heavy atom. The zero-order valence-electron chi connectivity index (χ0n) is 8.36. The van der Waals surface area contributed by atoms with Gasteiger partial charge in [-0.05, 0) is 17.5 Å². The fraction of sp³-hybridized carbons (Fsp3) is 0.273. The SMILES string of the molecule is CC(C)c1ccc(C2=NC(N)=C2)nc1. The average molecular weight is 187 g/mol.